The smallest absolute Gasteiger partial charge is 0.130 e. The zero-order valence-corrected chi connectivity index (χ0v) is 12.3. The molecule has 1 heterocycles. The molecule has 0 atom stereocenters. The van der Waals surface area contributed by atoms with Crippen molar-refractivity contribution in [3.8, 4) is 11.5 Å². The van der Waals surface area contributed by atoms with Gasteiger partial charge in [0.2, 0.25) is 0 Å². The van der Waals surface area contributed by atoms with Crippen LogP contribution in [0.1, 0.15) is 17.0 Å². The number of rotatable bonds is 5. The van der Waals surface area contributed by atoms with Crippen LogP contribution in [0.25, 0.3) is 0 Å². The molecule has 1 aromatic carbocycles. The van der Waals surface area contributed by atoms with Gasteiger partial charge in [0, 0.05) is 35.0 Å². The van der Waals surface area contributed by atoms with E-state index in [4.69, 9.17) is 26.8 Å². The highest BCUT2D eigenvalue weighted by Gasteiger charge is 2.06. The van der Waals surface area contributed by atoms with E-state index < -0.39 is 0 Å². The molecule has 0 saturated carbocycles. The number of methoxy groups -OCH3 is 1. The second-order valence-electron chi connectivity index (χ2n) is 4.38. The van der Waals surface area contributed by atoms with Crippen LogP contribution in [-0.2, 0) is 13.2 Å². The van der Waals surface area contributed by atoms with Gasteiger partial charge in [-0.05, 0) is 19.1 Å². The average Bonchev–Trinajstić information content (AvgIpc) is 2.44. The van der Waals surface area contributed by atoms with Gasteiger partial charge in [-0.1, -0.05) is 17.7 Å². The molecule has 0 aliphatic rings. The van der Waals surface area contributed by atoms with Gasteiger partial charge < -0.3 is 15.2 Å². The van der Waals surface area contributed by atoms with Gasteiger partial charge in [0.1, 0.15) is 18.1 Å². The van der Waals surface area contributed by atoms with Crippen LogP contribution in [-0.4, -0.2) is 12.1 Å². The molecule has 4 nitrogen and oxygen atoms in total. The minimum atomic E-state index is 0.339. The first kappa shape index (κ1) is 14.6. The number of aryl methyl sites for hydroxylation is 1. The zero-order valence-electron chi connectivity index (χ0n) is 11.5. The molecule has 2 aromatic rings. The van der Waals surface area contributed by atoms with E-state index in [0.717, 1.165) is 22.7 Å². The fourth-order valence-corrected chi connectivity index (χ4v) is 2.04. The zero-order chi connectivity index (χ0) is 14.5. The first-order valence-electron chi connectivity index (χ1n) is 6.25. The maximum Gasteiger partial charge on any atom is 0.130 e. The Labute approximate surface area is 123 Å². The van der Waals surface area contributed by atoms with Gasteiger partial charge in [0.15, 0.2) is 0 Å². The summed E-state index contributed by atoms with van der Waals surface area (Å²) in [7, 11) is 1.63. The van der Waals surface area contributed by atoms with E-state index in [2.05, 4.69) is 4.98 Å². The van der Waals surface area contributed by atoms with Crippen molar-refractivity contribution in [3.63, 3.8) is 0 Å². The number of aromatic nitrogens is 1. The highest BCUT2D eigenvalue weighted by molar-refractivity contribution is 6.30. The molecule has 0 aliphatic heterocycles. The third kappa shape index (κ3) is 3.62. The lowest BCUT2D eigenvalue weighted by Crippen LogP contribution is -2.04. The Morgan fingerprint density at radius 1 is 1.25 bits per heavy atom. The Bertz CT molecular complexity index is 602. The van der Waals surface area contributed by atoms with E-state index in [1.165, 1.54) is 0 Å². The molecular formula is C15H17ClN2O2. The van der Waals surface area contributed by atoms with E-state index >= 15 is 0 Å². The molecule has 2 rings (SSSR count). The van der Waals surface area contributed by atoms with Gasteiger partial charge >= 0.3 is 0 Å². The van der Waals surface area contributed by atoms with Gasteiger partial charge in [-0.3, -0.25) is 4.98 Å². The van der Waals surface area contributed by atoms with Crippen molar-refractivity contribution in [1.82, 2.24) is 4.98 Å². The van der Waals surface area contributed by atoms with Crippen molar-refractivity contribution < 1.29 is 9.47 Å². The number of hydrogen-bond acceptors (Lipinski definition) is 4. The average molecular weight is 293 g/mol. The summed E-state index contributed by atoms with van der Waals surface area (Å²) >= 11 is 5.97. The summed E-state index contributed by atoms with van der Waals surface area (Å²) in [6, 6.07) is 9.14. The summed E-state index contributed by atoms with van der Waals surface area (Å²) in [5.74, 6) is 1.45. The number of ether oxygens (including phenoxy) is 2. The topological polar surface area (TPSA) is 57.4 Å². The van der Waals surface area contributed by atoms with Gasteiger partial charge in [0.05, 0.1) is 12.8 Å². The van der Waals surface area contributed by atoms with Crippen LogP contribution < -0.4 is 15.2 Å². The molecule has 2 N–H and O–H groups in total. The van der Waals surface area contributed by atoms with Crippen molar-refractivity contribution in [3.05, 3.63) is 52.3 Å². The highest BCUT2D eigenvalue weighted by atomic mass is 35.5. The van der Waals surface area contributed by atoms with Gasteiger partial charge in [-0.15, -0.1) is 0 Å². The molecule has 0 radical (unpaired) electrons. The first-order chi connectivity index (χ1) is 9.62. The predicted molar refractivity (Wildman–Crippen MR) is 79.2 cm³/mol. The van der Waals surface area contributed by atoms with E-state index in [1.807, 2.05) is 25.1 Å². The molecule has 0 bridgehead atoms. The Morgan fingerprint density at radius 2 is 2.05 bits per heavy atom. The molecule has 0 aliphatic carbocycles. The van der Waals surface area contributed by atoms with Crippen LogP contribution in [0.5, 0.6) is 11.5 Å². The van der Waals surface area contributed by atoms with Crippen LogP contribution in [0.3, 0.4) is 0 Å². The quantitative estimate of drug-likeness (QED) is 0.920. The normalized spacial score (nSPS) is 10.4. The molecule has 0 amide bonds. The molecular weight excluding hydrogens is 276 g/mol. The van der Waals surface area contributed by atoms with Crippen molar-refractivity contribution in [2.24, 2.45) is 5.73 Å². The first-order valence-corrected chi connectivity index (χ1v) is 6.63. The summed E-state index contributed by atoms with van der Waals surface area (Å²) in [5, 5.41) is 0.618. The minimum absolute atomic E-state index is 0.339. The standard InChI is InChI=1S/C15H17ClN2O2/c1-10-5-14(19-2)7-13(18-10)9-20-15-6-12(16)4-3-11(15)8-17/h3-7H,8-9,17H2,1-2H3. The Hall–Kier alpha value is -1.78. The summed E-state index contributed by atoms with van der Waals surface area (Å²) in [6.07, 6.45) is 0. The van der Waals surface area contributed by atoms with E-state index in [-0.39, 0.29) is 0 Å². The monoisotopic (exact) mass is 292 g/mol. The van der Waals surface area contributed by atoms with Crippen molar-refractivity contribution in [1.29, 1.82) is 0 Å². The lowest BCUT2D eigenvalue weighted by molar-refractivity contribution is 0.297. The second kappa shape index (κ2) is 6.59. The third-order valence-corrected chi connectivity index (χ3v) is 3.08. The van der Waals surface area contributed by atoms with Crippen molar-refractivity contribution in [2.45, 2.75) is 20.1 Å². The van der Waals surface area contributed by atoms with E-state index in [1.54, 1.807) is 19.2 Å². The SMILES string of the molecule is COc1cc(C)nc(COc2cc(Cl)ccc2CN)c1. The van der Waals surface area contributed by atoms with E-state index in [9.17, 15) is 0 Å². The minimum Gasteiger partial charge on any atom is -0.497 e. The largest absolute Gasteiger partial charge is 0.497 e. The highest BCUT2D eigenvalue weighted by Crippen LogP contribution is 2.24. The van der Waals surface area contributed by atoms with Crippen LogP contribution >= 0.6 is 11.6 Å². The molecule has 0 spiro atoms. The fourth-order valence-electron chi connectivity index (χ4n) is 1.88. The summed E-state index contributed by atoms with van der Waals surface area (Å²) in [6.45, 7) is 2.65. The maximum absolute atomic E-state index is 5.97. The lowest BCUT2D eigenvalue weighted by atomic mass is 10.2. The number of pyridine rings is 1. The molecule has 106 valence electrons. The number of nitrogens with two attached hydrogens (primary N) is 1. The Balaban J connectivity index is 2.16. The fraction of sp³-hybridized carbons (Fsp3) is 0.267. The molecule has 5 heteroatoms. The van der Waals surface area contributed by atoms with Crippen LogP contribution in [0.2, 0.25) is 5.02 Å². The molecule has 20 heavy (non-hydrogen) atoms. The van der Waals surface area contributed by atoms with Crippen LogP contribution in [0, 0.1) is 6.92 Å². The molecule has 0 unspecified atom stereocenters. The number of hydrogen-bond donors (Lipinski definition) is 1. The van der Waals surface area contributed by atoms with Gasteiger partial charge in [-0.2, -0.15) is 0 Å². The summed E-state index contributed by atoms with van der Waals surface area (Å²) in [5.41, 5.74) is 8.27. The molecule has 0 saturated heterocycles. The Kier molecular flexibility index (Phi) is 4.82. The van der Waals surface area contributed by atoms with Gasteiger partial charge in [-0.25, -0.2) is 0 Å². The van der Waals surface area contributed by atoms with Gasteiger partial charge in [0.25, 0.3) is 0 Å². The van der Waals surface area contributed by atoms with Crippen LogP contribution in [0.4, 0.5) is 0 Å². The third-order valence-electron chi connectivity index (χ3n) is 2.84. The van der Waals surface area contributed by atoms with Crippen molar-refractivity contribution >= 4 is 11.6 Å². The predicted octanol–water partition coefficient (Wildman–Crippen LogP) is 3.09. The van der Waals surface area contributed by atoms with E-state index in [0.29, 0.717) is 23.9 Å². The Morgan fingerprint density at radius 3 is 2.75 bits per heavy atom. The molecule has 1 aromatic heterocycles. The van der Waals surface area contributed by atoms with Crippen LogP contribution in [0.15, 0.2) is 30.3 Å². The lowest BCUT2D eigenvalue weighted by Gasteiger charge is -2.11. The summed E-state index contributed by atoms with van der Waals surface area (Å²) < 4.78 is 11.0. The number of benzene rings is 1. The number of halogens is 1. The number of nitrogens with zero attached hydrogens (tertiary/aromatic N) is 1. The second-order valence-corrected chi connectivity index (χ2v) is 4.82. The van der Waals surface area contributed by atoms with Crippen molar-refractivity contribution in [2.75, 3.05) is 7.11 Å². The summed E-state index contributed by atoms with van der Waals surface area (Å²) in [4.78, 5) is 4.41. The maximum atomic E-state index is 5.97. The molecule has 0 fully saturated rings.